The summed E-state index contributed by atoms with van der Waals surface area (Å²) in [6.45, 7) is 1.62. The van der Waals surface area contributed by atoms with E-state index < -0.39 is 10.0 Å². The van der Waals surface area contributed by atoms with Gasteiger partial charge in [0.2, 0.25) is 10.0 Å². The van der Waals surface area contributed by atoms with Crippen LogP contribution in [0, 0.1) is 0 Å². The third-order valence-electron chi connectivity index (χ3n) is 1.58. The minimum Gasteiger partial charge on any atom is -0.409 e. The third-order valence-corrected chi connectivity index (χ3v) is 2.31. The highest BCUT2D eigenvalue weighted by molar-refractivity contribution is 7.88. The van der Waals surface area contributed by atoms with E-state index >= 15 is 0 Å². The van der Waals surface area contributed by atoms with Crippen molar-refractivity contribution in [2.24, 2.45) is 10.9 Å². The van der Waals surface area contributed by atoms with E-state index in [1.54, 1.807) is 0 Å². The topological polar surface area (TPSA) is 117 Å². The number of hydrogen-bond acceptors (Lipinski definition) is 5. The number of nitrogens with one attached hydrogen (secondary N) is 2. The molecule has 0 aromatic carbocycles. The fourth-order valence-electron chi connectivity index (χ4n) is 0.894. The van der Waals surface area contributed by atoms with Gasteiger partial charge in [0.1, 0.15) is 5.84 Å². The van der Waals surface area contributed by atoms with Gasteiger partial charge in [-0.25, -0.2) is 13.1 Å². The summed E-state index contributed by atoms with van der Waals surface area (Å²) >= 11 is 0. The minimum absolute atomic E-state index is 0.200. The van der Waals surface area contributed by atoms with E-state index in [0.29, 0.717) is 26.1 Å². The Bertz CT molecular complexity index is 289. The first kappa shape index (κ1) is 14.1. The van der Waals surface area contributed by atoms with Crippen LogP contribution in [0.15, 0.2) is 5.16 Å². The van der Waals surface area contributed by atoms with Crippen molar-refractivity contribution < 1.29 is 13.6 Å². The summed E-state index contributed by atoms with van der Waals surface area (Å²) in [4.78, 5) is 0. The van der Waals surface area contributed by atoms with Gasteiger partial charge in [-0.05, 0) is 13.0 Å². The predicted molar refractivity (Wildman–Crippen MR) is 58.4 cm³/mol. The summed E-state index contributed by atoms with van der Waals surface area (Å²) in [6, 6.07) is 0. The molecular formula is C7H18N4O3S. The third kappa shape index (κ3) is 11.1. The maximum Gasteiger partial charge on any atom is 0.208 e. The van der Waals surface area contributed by atoms with Gasteiger partial charge in [-0.3, -0.25) is 0 Å². The molecule has 0 aromatic rings. The molecule has 0 aromatic heterocycles. The van der Waals surface area contributed by atoms with Crippen LogP contribution in [0.3, 0.4) is 0 Å². The number of hydrogen-bond donors (Lipinski definition) is 4. The molecular weight excluding hydrogens is 220 g/mol. The second-order valence-electron chi connectivity index (χ2n) is 3.11. The van der Waals surface area contributed by atoms with Gasteiger partial charge in [0, 0.05) is 19.5 Å². The number of nitrogens with two attached hydrogens (primary N) is 1. The van der Waals surface area contributed by atoms with Crippen molar-refractivity contribution >= 4 is 15.9 Å². The zero-order valence-corrected chi connectivity index (χ0v) is 9.55. The standard InChI is InChI=1S/C7H18N4O3S/c1-15(13,14)10-6-5-9-4-2-3-7(8)11-12/h9-10,12H,2-6H2,1H3,(H2,8,11). The minimum atomic E-state index is -3.10. The lowest BCUT2D eigenvalue weighted by Crippen LogP contribution is -2.31. The molecule has 0 rings (SSSR count). The second-order valence-corrected chi connectivity index (χ2v) is 4.94. The molecule has 0 atom stereocenters. The zero-order valence-electron chi connectivity index (χ0n) is 8.73. The van der Waals surface area contributed by atoms with Gasteiger partial charge < -0.3 is 16.3 Å². The molecule has 0 spiro atoms. The van der Waals surface area contributed by atoms with Crippen molar-refractivity contribution in [3.63, 3.8) is 0 Å². The van der Waals surface area contributed by atoms with E-state index in [4.69, 9.17) is 10.9 Å². The van der Waals surface area contributed by atoms with Gasteiger partial charge in [-0.1, -0.05) is 5.16 Å². The highest BCUT2D eigenvalue weighted by Gasteiger charge is 1.98. The lowest BCUT2D eigenvalue weighted by molar-refractivity contribution is 0.316. The first-order valence-corrected chi connectivity index (χ1v) is 6.46. The van der Waals surface area contributed by atoms with Gasteiger partial charge >= 0.3 is 0 Å². The van der Waals surface area contributed by atoms with Crippen LogP contribution in [0.1, 0.15) is 12.8 Å². The average Bonchev–Trinajstić information content (AvgIpc) is 2.14. The molecule has 15 heavy (non-hydrogen) atoms. The van der Waals surface area contributed by atoms with Gasteiger partial charge in [-0.15, -0.1) is 0 Å². The molecule has 90 valence electrons. The van der Waals surface area contributed by atoms with Crippen molar-refractivity contribution in [1.29, 1.82) is 0 Å². The molecule has 5 N–H and O–H groups in total. The van der Waals surface area contributed by atoms with E-state index in [-0.39, 0.29) is 5.84 Å². The van der Waals surface area contributed by atoms with Crippen LogP contribution in [0.2, 0.25) is 0 Å². The van der Waals surface area contributed by atoms with Crippen molar-refractivity contribution in [3.8, 4) is 0 Å². The van der Waals surface area contributed by atoms with Crippen LogP contribution >= 0.6 is 0 Å². The van der Waals surface area contributed by atoms with Crippen molar-refractivity contribution in [1.82, 2.24) is 10.0 Å². The van der Waals surface area contributed by atoms with E-state index in [0.717, 1.165) is 12.7 Å². The Morgan fingerprint density at radius 2 is 2.07 bits per heavy atom. The van der Waals surface area contributed by atoms with Crippen molar-refractivity contribution in [3.05, 3.63) is 0 Å². The second kappa shape index (κ2) is 7.43. The highest BCUT2D eigenvalue weighted by atomic mass is 32.2. The highest BCUT2D eigenvalue weighted by Crippen LogP contribution is 1.85. The van der Waals surface area contributed by atoms with Crippen LogP contribution < -0.4 is 15.8 Å². The molecule has 0 saturated carbocycles. The van der Waals surface area contributed by atoms with E-state index in [1.807, 2.05) is 0 Å². The molecule has 0 unspecified atom stereocenters. The first-order chi connectivity index (χ1) is 6.95. The molecule has 0 aliphatic carbocycles. The molecule has 0 bridgehead atoms. The van der Waals surface area contributed by atoms with E-state index in [1.165, 1.54) is 0 Å². The number of nitrogens with zero attached hydrogens (tertiary/aromatic N) is 1. The van der Waals surface area contributed by atoms with Crippen LogP contribution in [-0.4, -0.2) is 45.4 Å². The number of rotatable bonds is 8. The SMILES string of the molecule is CS(=O)(=O)NCCNCCCC(N)=NO. The summed E-state index contributed by atoms with van der Waals surface area (Å²) in [5.74, 6) is 0.200. The maximum absolute atomic E-state index is 10.6. The van der Waals surface area contributed by atoms with Crippen LogP contribution in [-0.2, 0) is 10.0 Å². The summed E-state index contributed by atoms with van der Waals surface area (Å²) in [7, 11) is -3.10. The molecule has 0 radical (unpaired) electrons. The van der Waals surface area contributed by atoms with Crippen LogP contribution in [0.5, 0.6) is 0 Å². The Balaban J connectivity index is 3.26. The lowest BCUT2D eigenvalue weighted by atomic mass is 10.3. The van der Waals surface area contributed by atoms with Gasteiger partial charge in [0.15, 0.2) is 0 Å². The monoisotopic (exact) mass is 238 g/mol. The van der Waals surface area contributed by atoms with Crippen LogP contribution in [0.25, 0.3) is 0 Å². The molecule has 7 nitrogen and oxygen atoms in total. The Labute approximate surface area is 89.8 Å². The lowest BCUT2D eigenvalue weighted by Gasteiger charge is -2.04. The van der Waals surface area contributed by atoms with Gasteiger partial charge in [-0.2, -0.15) is 0 Å². The Morgan fingerprint density at radius 3 is 2.60 bits per heavy atom. The fourth-order valence-corrected chi connectivity index (χ4v) is 1.37. The summed E-state index contributed by atoms with van der Waals surface area (Å²) in [5, 5.41) is 14.1. The van der Waals surface area contributed by atoms with Gasteiger partial charge in [0.05, 0.1) is 6.26 Å². The molecule has 8 heteroatoms. The molecule has 0 fully saturated rings. The summed E-state index contributed by atoms with van der Waals surface area (Å²) in [5.41, 5.74) is 5.25. The summed E-state index contributed by atoms with van der Waals surface area (Å²) in [6.07, 6.45) is 2.38. The zero-order chi connectivity index (χ0) is 11.7. The van der Waals surface area contributed by atoms with E-state index in [9.17, 15) is 8.42 Å². The smallest absolute Gasteiger partial charge is 0.208 e. The largest absolute Gasteiger partial charge is 0.409 e. The average molecular weight is 238 g/mol. The quantitative estimate of drug-likeness (QED) is 0.137. The van der Waals surface area contributed by atoms with E-state index in [2.05, 4.69) is 15.2 Å². The Kier molecular flexibility index (Phi) is 7.01. The predicted octanol–water partition coefficient (Wildman–Crippen LogP) is -1.35. The molecule has 0 amide bonds. The normalized spacial score (nSPS) is 13.0. The summed E-state index contributed by atoms with van der Waals surface area (Å²) < 4.78 is 23.7. The van der Waals surface area contributed by atoms with Crippen molar-refractivity contribution in [2.45, 2.75) is 12.8 Å². The molecule has 0 heterocycles. The van der Waals surface area contributed by atoms with Crippen molar-refractivity contribution in [2.75, 3.05) is 25.9 Å². The van der Waals surface area contributed by atoms with Gasteiger partial charge in [0.25, 0.3) is 0 Å². The molecule has 0 aliphatic rings. The number of sulfonamides is 1. The Morgan fingerprint density at radius 1 is 1.40 bits per heavy atom. The maximum atomic E-state index is 10.6. The first-order valence-electron chi connectivity index (χ1n) is 4.57. The molecule has 0 saturated heterocycles. The van der Waals surface area contributed by atoms with Crippen LogP contribution in [0.4, 0.5) is 0 Å². The Hall–Kier alpha value is -0.860. The number of amidine groups is 1. The fraction of sp³-hybridized carbons (Fsp3) is 0.857. The number of oxime groups is 1. The molecule has 0 aliphatic heterocycles.